The number of amides is 1. The van der Waals surface area contributed by atoms with Gasteiger partial charge < -0.3 is 10.4 Å². The van der Waals surface area contributed by atoms with Gasteiger partial charge in [-0.15, -0.1) is 5.10 Å². The summed E-state index contributed by atoms with van der Waals surface area (Å²) in [4.78, 5) is 12.5. The minimum Gasteiger partial charge on any atom is -0.395 e. The lowest BCUT2D eigenvalue weighted by Crippen LogP contribution is -2.11. The second kappa shape index (κ2) is 7.53. The van der Waals surface area contributed by atoms with Gasteiger partial charge in [-0.1, -0.05) is 23.3 Å². The Morgan fingerprint density at radius 2 is 2.33 bits per heavy atom. The molecule has 0 aliphatic carbocycles. The Hall–Kier alpha value is -2.23. The van der Waals surface area contributed by atoms with Crippen LogP contribution in [0.5, 0.6) is 0 Å². The van der Waals surface area contributed by atoms with Crippen LogP contribution in [0.15, 0.2) is 24.4 Å². The van der Waals surface area contributed by atoms with Gasteiger partial charge in [0.15, 0.2) is 0 Å². The van der Waals surface area contributed by atoms with Gasteiger partial charge in [-0.2, -0.15) is 0 Å². The molecule has 0 aliphatic heterocycles. The number of aliphatic hydroxyl groups is 1. The summed E-state index contributed by atoms with van der Waals surface area (Å²) in [6.45, 7) is 2.08. The van der Waals surface area contributed by atoms with Crippen molar-refractivity contribution in [1.82, 2.24) is 9.59 Å². The van der Waals surface area contributed by atoms with E-state index < -0.39 is 0 Å². The molecule has 1 heterocycles. The van der Waals surface area contributed by atoms with Crippen LogP contribution < -0.4 is 5.32 Å². The van der Waals surface area contributed by atoms with Crippen molar-refractivity contribution in [1.29, 1.82) is 0 Å². The number of anilines is 1. The second-order valence-corrected chi connectivity index (χ2v) is 5.02. The van der Waals surface area contributed by atoms with E-state index in [0.29, 0.717) is 11.3 Å². The van der Waals surface area contributed by atoms with Crippen molar-refractivity contribution in [3.05, 3.63) is 40.4 Å². The Balaban J connectivity index is 2.17. The topological polar surface area (TPSA) is 75.1 Å². The number of aromatic nitrogens is 2. The summed E-state index contributed by atoms with van der Waals surface area (Å²) in [6.07, 6.45) is 2.69. The van der Waals surface area contributed by atoms with E-state index in [1.165, 1.54) is 6.20 Å². The van der Waals surface area contributed by atoms with E-state index in [1.54, 1.807) is 0 Å². The smallest absolute Gasteiger partial charge is 0.269 e. The molecule has 0 saturated carbocycles. The van der Waals surface area contributed by atoms with E-state index in [0.717, 1.165) is 34.8 Å². The lowest BCUT2D eigenvalue weighted by molar-refractivity contribution is 0.103. The summed E-state index contributed by atoms with van der Waals surface area (Å²) < 4.78 is 3.68. The molecule has 2 N–H and O–H groups in total. The van der Waals surface area contributed by atoms with E-state index in [-0.39, 0.29) is 12.5 Å². The highest BCUT2D eigenvalue weighted by atomic mass is 32.1. The summed E-state index contributed by atoms with van der Waals surface area (Å²) in [5.41, 5.74) is 2.65. The molecule has 21 heavy (non-hydrogen) atoms. The van der Waals surface area contributed by atoms with Crippen molar-refractivity contribution >= 4 is 23.1 Å². The van der Waals surface area contributed by atoms with Crippen LogP contribution in [0.1, 0.15) is 34.1 Å². The average Bonchev–Trinajstić information content (AvgIpc) is 3.03. The molecule has 0 spiro atoms. The maximum Gasteiger partial charge on any atom is 0.269 e. The van der Waals surface area contributed by atoms with E-state index in [4.69, 9.17) is 5.11 Å². The first-order chi connectivity index (χ1) is 10.2. The van der Waals surface area contributed by atoms with Gasteiger partial charge in [-0.25, -0.2) is 0 Å². The van der Waals surface area contributed by atoms with Gasteiger partial charge in [0, 0.05) is 17.7 Å². The monoisotopic (exact) mass is 301 g/mol. The zero-order valence-electron chi connectivity index (χ0n) is 11.6. The Morgan fingerprint density at radius 3 is 3.00 bits per heavy atom. The minimum absolute atomic E-state index is 0.0602. The van der Waals surface area contributed by atoms with Crippen LogP contribution in [0.2, 0.25) is 0 Å². The van der Waals surface area contributed by atoms with Crippen molar-refractivity contribution in [3.8, 4) is 11.8 Å². The van der Waals surface area contributed by atoms with Crippen LogP contribution in [0.3, 0.4) is 0 Å². The molecule has 6 heteroatoms. The number of carbonyl (C=O) groups is 1. The van der Waals surface area contributed by atoms with Crippen LogP contribution in [0.4, 0.5) is 5.69 Å². The number of nitrogens with one attached hydrogen (secondary N) is 1. The number of benzene rings is 1. The fraction of sp³-hybridized carbons (Fsp3) is 0.267. The lowest BCUT2D eigenvalue weighted by atomic mass is 10.1. The molecule has 1 aromatic heterocycles. The third kappa shape index (κ3) is 4.12. The zero-order valence-corrected chi connectivity index (χ0v) is 12.4. The van der Waals surface area contributed by atoms with Gasteiger partial charge in [0.1, 0.15) is 4.88 Å². The number of hydrogen-bond donors (Lipinski definition) is 2. The number of rotatable bonds is 4. The molecule has 5 nitrogen and oxygen atoms in total. The summed E-state index contributed by atoms with van der Waals surface area (Å²) in [6, 6.07) is 5.64. The molecule has 2 rings (SSSR count). The molecule has 108 valence electrons. The molecule has 0 fully saturated rings. The van der Waals surface area contributed by atoms with E-state index >= 15 is 0 Å². The predicted molar refractivity (Wildman–Crippen MR) is 82.3 cm³/mol. The van der Waals surface area contributed by atoms with Crippen molar-refractivity contribution < 1.29 is 9.90 Å². The maximum absolute atomic E-state index is 12.0. The first-order valence-corrected chi connectivity index (χ1v) is 7.33. The van der Waals surface area contributed by atoms with Crippen molar-refractivity contribution in [2.24, 2.45) is 0 Å². The SMILES string of the molecule is CCc1cc(C#CCCO)ccc1NC(=O)c1cnns1. The number of hydrogen-bond acceptors (Lipinski definition) is 5. The van der Waals surface area contributed by atoms with E-state index in [1.807, 2.05) is 25.1 Å². The maximum atomic E-state index is 12.0. The van der Waals surface area contributed by atoms with Gasteiger partial charge in [0.2, 0.25) is 0 Å². The van der Waals surface area contributed by atoms with Gasteiger partial charge in [-0.3, -0.25) is 4.79 Å². The lowest BCUT2D eigenvalue weighted by Gasteiger charge is -2.09. The van der Waals surface area contributed by atoms with E-state index in [9.17, 15) is 4.79 Å². The van der Waals surface area contributed by atoms with Gasteiger partial charge >= 0.3 is 0 Å². The molecule has 0 aliphatic rings. The normalized spacial score (nSPS) is 9.81. The number of carbonyl (C=O) groups excluding carboxylic acids is 1. The molecule has 0 unspecified atom stereocenters. The van der Waals surface area contributed by atoms with Crippen LogP contribution >= 0.6 is 11.5 Å². The molecular formula is C15H15N3O2S. The number of aryl methyl sites for hydroxylation is 1. The highest BCUT2D eigenvalue weighted by molar-refractivity contribution is 7.07. The second-order valence-electron chi connectivity index (χ2n) is 4.24. The van der Waals surface area contributed by atoms with Crippen LogP contribution in [0.25, 0.3) is 0 Å². The van der Waals surface area contributed by atoms with Crippen molar-refractivity contribution in [2.45, 2.75) is 19.8 Å². The Bertz CT molecular complexity index is 672. The molecule has 2 aromatic rings. The highest BCUT2D eigenvalue weighted by Gasteiger charge is 2.11. The molecule has 0 radical (unpaired) electrons. The Labute approximate surface area is 127 Å². The highest BCUT2D eigenvalue weighted by Crippen LogP contribution is 2.19. The minimum atomic E-state index is -0.209. The molecule has 1 aromatic carbocycles. The van der Waals surface area contributed by atoms with E-state index in [2.05, 4.69) is 26.7 Å². The van der Waals surface area contributed by atoms with Crippen molar-refractivity contribution in [2.75, 3.05) is 11.9 Å². The zero-order chi connectivity index (χ0) is 15.1. The molecule has 0 saturated heterocycles. The fourth-order valence-corrected chi connectivity index (χ4v) is 2.17. The first-order valence-electron chi connectivity index (χ1n) is 6.56. The third-order valence-electron chi connectivity index (χ3n) is 2.79. The number of nitrogens with zero attached hydrogens (tertiary/aromatic N) is 2. The van der Waals surface area contributed by atoms with Crippen LogP contribution in [-0.2, 0) is 6.42 Å². The third-order valence-corrected chi connectivity index (χ3v) is 3.45. The summed E-state index contributed by atoms with van der Waals surface area (Å²) in [5, 5.41) is 15.2. The summed E-state index contributed by atoms with van der Waals surface area (Å²) in [5.74, 6) is 5.66. The average molecular weight is 301 g/mol. The predicted octanol–water partition coefficient (Wildman–Crippen LogP) is 2.09. The molecule has 0 atom stereocenters. The Morgan fingerprint density at radius 1 is 1.48 bits per heavy atom. The van der Waals surface area contributed by atoms with Crippen molar-refractivity contribution in [3.63, 3.8) is 0 Å². The number of aliphatic hydroxyl groups excluding tert-OH is 1. The quantitative estimate of drug-likeness (QED) is 0.848. The van der Waals surface area contributed by atoms with Crippen LogP contribution in [0, 0.1) is 11.8 Å². The molecule has 1 amide bonds. The summed E-state index contributed by atoms with van der Waals surface area (Å²) >= 11 is 1.06. The fourth-order valence-electron chi connectivity index (χ4n) is 1.76. The largest absolute Gasteiger partial charge is 0.395 e. The van der Waals surface area contributed by atoms with Crippen LogP contribution in [-0.4, -0.2) is 27.2 Å². The molecule has 0 bridgehead atoms. The van der Waals surface area contributed by atoms with Gasteiger partial charge in [0.25, 0.3) is 5.91 Å². The summed E-state index contributed by atoms with van der Waals surface area (Å²) in [7, 11) is 0. The Kier molecular flexibility index (Phi) is 5.43. The van der Waals surface area contributed by atoms with Gasteiger partial charge in [0.05, 0.1) is 12.8 Å². The molecular weight excluding hydrogens is 286 g/mol. The first kappa shape index (κ1) is 15.2. The standard InChI is InChI=1S/C15H15N3O2S/c1-2-12-9-11(5-3-4-8-19)6-7-13(12)17-15(20)14-10-16-18-21-14/h6-7,9-10,19H,2,4,8H2,1H3,(H,17,20). The van der Waals surface area contributed by atoms with Gasteiger partial charge in [-0.05, 0) is 41.7 Å².